The maximum Gasteiger partial charge on any atom is 0.323 e. The first kappa shape index (κ1) is 19.6. The van der Waals surface area contributed by atoms with Crippen molar-refractivity contribution in [1.29, 1.82) is 0 Å². The minimum atomic E-state index is -0.419. The first-order valence-corrected chi connectivity index (χ1v) is 10.9. The fraction of sp³-hybridized carbons (Fsp3) is 0.478. The highest BCUT2D eigenvalue weighted by atomic mass is 35.5. The van der Waals surface area contributed by atoms with Crippen molar-refractivity contribution in [3.63, 3.8) is 0 Å². The summed E-state index contributed by atoms with van der Waals surface area (Å²) in [6.45, 7) is 0.450. The molecule has 1 aromatic rings. The Hall–Kier alpha value is -2.34. The lowest BCUT2D eigenvalue weighted by Gasteiger charge is -2.62. The Kier molecular flexibility index (Phi) is 4.65. The zero-order valence-corrected chi connectivity index (χ0v) is 17.4. The Bertz CT molecular complexity index is 946. The van der Waals surface area contributed by atoms with Crippen LogP contribution < -0.4 is 10.6 Å². The second-order valence-electron chi connectivity index (χ2n) is 9.44. The molecular formula is C23H25ClFN3O2. The van der Waals surface area contributed by atoms with Crippen molar-refractivity contribution in [3.8, 4) is 0 Å². The molecule has 30 heavy (non-hydrogen) atoms. The average molecular weight is 430 g/mol. The quantitative estimate of drug-likeness (QED) is 0.703. The van der Waals surface area contributed by atoms with Gasteiger partial charge in [0.1, 0.15) is 11.0 Å². The number of allylic oxidation sites excluding steroid dienone is 2. The zero-order valence-electron chi connectivity index (χ0n) is 16.7. The smallest absolute Gasteiger partial charge is 0.323 e. The fourth-order valence-electron chi connectivity index (χ4n) is 6.46. The van der Waals surface area contributed by atoms with Crippen LogP contribution in [-0.2, 0) is 0 Å². The van der Waals surface area contributed by atoms with Crippen LogP contribution in [0.1, 0.15) is 48.9 Å². The first-order chi connectivity index (χ1) is 14.4. The topological polar surface area (TPSA) is 61.4 Å². The molecule has 0 aromatic heterocycles. The number of nitrogens with one attached hydrogen (secondary N) is 2. The molecule has 5 aliphatic rings. The number of benzene rings is 1. The highest BCUT2D eigenvalue weighted by molar-refractivity contribution is 6.30. The summed E-state index contributed by atoms with van der Waals surface area (Å²) in [5.74, 6) is 0.265. The minimum absolute atomic E-state index is 0.186. The van der Waals surface area contributed by atoms with E-state index < -0.39 is 5.82 Å². The number of carbonyl (C=O) groups excluding carboxylic acids is 2. The average Bonchev–Trinajstić information content (AvgIpc) is 2.66. The van der Waals surface area contributed by atoms with Gasteiger partial charge >= 0.3 is 6.03 Å². The van der Waals surface area contributed by atoms with Crippen molar-refractivity contribution in [3.05, 3.63) is 59.0 Å². The molecule has 2 unspecified atom stereocenters. The Morgan fingerprint density at radius 2 is 1.80 bits per heavy atom. The molecule has 4 fully saturated rings. The van der Waals surface area contributed by atoms with Gasteiger partial charge in [-0.2, -0.15) is 0 Å². The standard InChI is InChI=1S/C23H25ClFN3O2/c24-19-6-1-2-7-28(19)21(30)27-23-12-15-8-16(13-23)11-22(10-15,14-23)26-20(29)17-4-3-5-18(25)9-17/h1-6,9,15-16H,7-8,10-14H2,(H,26,29)(H,27,30). The molecule has 7 heteroatoms. The summed E-state index contributed by atoms with van der Waals surface area (Å²) >= 11 is 6.23. The Labute approximate surface area is 180 Å². The predicted molar refractivity (Wildman–Crippen MR) is 112 cm³/mol. The first-order valence-electron chi connectivity index (χ1n) is 10.6. The molecule has 0 saturated heterocycles. The lowest BCUT2D eigenvalue weighted by atomic mass is 9.50. The molecular weight excluding hydrogens is 405 g/mol. The highest BCUT2D eigenvalue weighted by Crippen LogP contribution is 2.57. The van der Waals surface area contributed by atoms with Crippen molar-refractivity contribution in [2.75, 3.05) is 6.54 Å². The van der Waals surface area contributed by atoms with E-state index >= 15 is 0 Å². The molecule has 4 saturated carbocycles. The Morgan fingerprint density at radius 3 is 2.47 bits per heavy atom. The number of halogens is 2. The van der Waals surface area contributed by atoms with Crippen molar-refractivity contribution in [2.45, 2.75) is 49.6 Å². The van der Waals surface area contributed by atoms with Gasteiger partial charge in [-0.25, -0.2) is 9.18 Å². The van der Waals surface area contributed by atoms with E-state index in [-0.39, 0.29) is 23.0 Å². The van der Waals surface area contributed by atoms with E-state index in [4.69, 9.17) is 11.6 Å². The summed E-state index contributed by atoms with van der Waals surface area (Å²) in [5, 5.41) is 6.93. The van der Waals surface area contributed by atoms with Crippen molar-refractivity contribution in [2.24, 2.45) is 11.8 Å². The molecule has 1 aromatic carbocycles. The second-order valence-corrected chi connectivity index (χ2v) is 9.83. The van der Waals surface area contributed by atoms with Crippen LogP contribution in [0.15, 0.2) is 47.6 Å². The fourth-order valence-corrected chi connectivity index (χ4v) is 6.68. The molecule has 4 aliphatic carbocycles. The van der Waals surface area contributed by atoms with Gasteiger partial charge in [-0.05, 0) is 74.6 Å². The van der Waals surface area contributed by atoms with Crippen LogP contribution in [0.25, 0.3) is 0 Å². The van der Waals surface area contributed by atoms with Gasteiger partial charge in [-0.15, -0.1) is 0 Å². The Balaban J connectivity index is 1.36. The van der Waals surface area contributed by atoms with Crippen molar-refractivity contribution >= 4 is 23.5 Å². The van der Waals surface area contributed by atoms with Crippen molar-refractivity contribution in [1.82, 2.24) is 15.5 Å². The van der Waals surface area contributed by atoms with E-state index in [9.17, 15) is 14.0 Å². The maximum absolute atomic E-state index is 13.6. The maximum atomic E-state index is 13.6. The third-order valence-electron chi connectivity index (χ3n) is 7.06. The number of amides is 3. The number of rotatable bonds is 3. The molecule has 5 nitrogen and oxygen atoms in total. The zero-order chi connectivity index (χ0) is 20.9. The molecule has 6 rings (SSSR count). The molecule has 158 valence electrons. The summed E-state index contributed by atoms with van der Waals surface area (Å²) in [6, 6.07) is 5.60. The van der Waals surface area contributed by atoms with Gasteiger partial charge in [0.05, 0.1) is 0 Å². The molecule has 2 atom stereocenters. The van der Waals surface area contributed by atoms with Crippen LogP contribution in [0.5, 0.6) is 0 Å². The van der Waals surface area contributed by atoms with Crippen LogP contribution >= 0.6 is 11.6 Å². The lowest BCUT2D eigenvalue weighted by Crippen LogP contribution is -2.70. The van der Waals surface area contributed by atoms with Crippen LogP contribution in [0.2, 0.25) is 0 Å². The van der Waals surface area contributed by atoms with E-state index in [1.165, 1.54) is 17.0 Å². The summed E-state index contributed by atoms with van der Waals surface area (Å²) < 4.78 is 13.6. The number of urea groups is 1. The van der Waals surface area contributed by atoms with E-state index in [0.29, 0.717) is 35.5 Å². The van der Waals surface area contributed by atoms with Crippen LogP contribution in [0, 0.1) is 17.7 Å². The van der Waals surface area contributed by atoms with Gasteiger partial charge in [-0.1, -0.05) is 29.8 Å². The molecule has 4 bridgehead atoms. The monoisotopic (exact) mass is 429 g/mol. The molecule has 1 heterocycles. The molecule has 0 radical (unpaired) electrons. The molecule has 2 N–H and O–H groups in total. The van der Waals surface area contributed by atoms with Crippen LogP contribution in [0.3, 0.4) is 0 Å². The van der Waals surface area contributed by atoms with E-state index in [0.717, 1.165) is 32.1 Å². The van der Waals surface area contributed by atoms with E-state index in [2.05, 4.69) is 10.6 Å². The summed E-state index contributed by atoms with van der Waals surface area (Å²) in [7, 11) is 0. The molecule has 1 aliphatic heterocycles. The van der Waals surface area contributed by atoms with Crippen LogP contribution in [-0.4, -0.2) is 34.5 Å². The molecule has 0 spiro atoms. The third-order valence-corrected chi connectivity index (χ3v) is 7.39. The number of carbonyl (C=O) groups is 2. The number of nitrogens with zero attached hydrogens (tertiary/aromatic N) is 1. The van der Waals surface area contributed by atoms with Gasteiger partial charge in [-0.3, -0.25) is 9.69 Å². The van der Waals surface area contributed by atoms with Gasteiger partial charge in [0.25, 0.3) is 5.91 Å². The summed E-state index contributed by atoms with van der Waals surface area (Å²) in [5.41, 5.74) is -0.363. The highest BCUT2D eigenvalue weighted by Gasteiger charge is 2.59. The van der Waals surface area contributed by atoms with E-state index in [1.807, 2.05) is 12.2 Å². The predicted octanol–water partition coefficient (Wildman–Crippen LogP) is 4.31. The van der Waals surface area contributed by atoms with Gasteiger partial charge in [0.2, 0.25) is 0 Å². The summed E-state index contributed by atoms with van der Waals surface area (Å²) in [6.07, 6.45) is 11.0. The molecule has 3 amide bonds. The summed E-state index contributed by atoms with van der Waals surface area (Å²) in [4.78, 5) is 27.4. The lowest BCUT2D eigenvalue weighted by molar-refractivity contribution is -0.0440. The number of hydrogen-bond acceptors (Lipinski definition) is 2. The normalized spacial score (nSPS) is 33.9. The van der Waals surface area contributed by atoms with Gasteiger partial charge in [0.15, 0.2) is 0 Å². The minimum Gasteiger partial charge on any atom is -0.346 e. The second kappa shape index (κ2) is 7.12. The van der Waals surface area contributed by atoms with Gasteiger partial charge in [0, 0.05) is 23.2 Å². The SMILES string of the molecule is O=C(NC12CC3CC(C1)CC(NC(=O)N1CC=CC=C1Cl)(C3)C2)c1cccc(F)c1. The largest absolute Gasteiger partial charge is 0.346 e. The number of hydrogen-bond donors (Lipinski definition) is 2. The van der Waals surface area contributed by atoms with Crippen molar-refractivity contribution < 1.29 is 14.0 Å². The third kappa shape index (κ3) is 3.51. The van der Waals surface area contributed by atoms with Gasteiger partial charge < -0.3 is 10.6 Å². The van der Waals surface area contributed by atoms with E-state index in [1.54, 1.807) is 18.2 Å². The Morgan fingerprint density at radius 1 is 1.10 bits per heavy atom. The van der Waals surface area contributed by atoms with Crippen LogP contribution in [0.4, 0.5) is 9.18 Å².